The molecule has 0 unspecified atom stereocenters. The highest BCUT2D eigenvalue weighted by Crippen LogP contribution is 2.22. The number of ether oxygens (including phenoxy) is 1. The molecular weight excluding hydrogens is 340 g/mol. The number of carbonyl (C=O) groups excluding carboxylic acids is 2. The zero-order valence-electron chi connectivity index (χ0n) is 14.7. The average molecular weight is 361 g/mol. The molecule has 0 aliphatic heterocycles. The average Bonchev–Trinajstić information content (AvgIpc) is 2.57. The van der Waals surface area contributed by atoms with Crippen molar-refractivity contribution >= 4 is 29.1 Å². The molecule has 0 bridgehead atoms. The Morgan fingerprint density at radius 3 is 2.44 bits per heavy atom. The maximum Gasteiger partial charge on any atom is 0.262 e. The van der Waals surface area contributed by atoms with Gasteiger partial charge in [-0.25, -0.2) is 0 Å². The van der Waals surface area contributed by atoms with E-state index in [0.29, 0.717) is 22.0 Å². The van der Waals surface area contributed by atoms with Crippen LogP contribution in [-0.2, 0) is 4.79 Å². The van der Waals surface area contributed by atoms with Gasteiger partial charge < -0.3 is 15.0 Å². The highest BCUT2D eigenvalue weighted by atomic mass is 35.5. The fraction of sp³-hybridized carbons (Fsp3) is 0.263. The number of halogens is 1. The molecule has 0 aromatic heterocycles. The van der Waals surface area contributed by atoms with Crippen molar-refractivity contribution in [3.8, 4) is 5.75 Å². The molecule has 1 N–H and O–H groups in total. The van der Waals surface area contributed by atoms with E-state index in [4.69, 9.17) is 16.3 Å². The van der Waals surface area contributed by atoms with Crippen molar-refractivity contribution in [1.29, 1.82) is 0 Å². The van der Waals surface area contributed by atoms with Crippen LogP contribution in [0.4, 0.5) is 5.69 Å². The molecule has 2 amide bonds. The molecule has 0 spiro atoms. The number of benzene rings is 2. The summed E-state index contributed by atoms with van der Waals surface area (Å²) >= 11 is 6.06. The lowest BCUT2D eigenvalue weighted by Crippen LogP contribution is -2.23. The van der Waals surface area contributed by atoms with E-state index in [0.717, 1.165) is 11.1 Å². The summed E-state index contributed by atoms with van der Waals surface area (Å²) in [6.07, 6.45) is 0. The van der Waals surface area contributed by atoms with Crippen LogP contribution in [0.1, 0.15) is 21.5 Å². The highest BCUT2D eigenvalue weighted by Gasteiger charge is 2.14. The summed E-state index contributed by atoms with van der Waals surface area (Å²) in [6, 6.07) is 10.4. The number of nitrogens with zero attached hydrogens (tertiary/aromatic N) is 1. The first-order chi connectivity index (χ1) is 11.8. The number of amides is 2. The van der Waals surface area contributed by atoms with E-state index in [1.165, 1.54) is 4.90 Å². The summed E-state index contributed by atoms with van der Waals surface area (Å²) < 4.78 is 5.50. The number of hydrogen-bond acceptors (Lipinski definition) is 3. The molecular formula is C19H21ClN2O3. The highest BCUT2D eigenvalue weighted by molar-refractivity contribution is 6.34. The van der Waals surface area contributed by atoms with Crippen LogP contribution >= 0.6 is 11.6 Å². The van der Waals surface area contributed by atoms with Gasteiger partial charge >= 0.3 is 0 Å². The molecule has 132 valence electrons. The summed E-state index contributed by atoms with van der Waals surface area (Å²) in [5, 5.41) is 3.04. The Labute approximate surface area is 152 Å². The predicted molar refractivity (Wildman–Crippen MR) is 99.5 cm³/mol. The molecule has 0 aliphatic rings. The fourth-order valence-corrected chi connectivity index (χ4v) is 2.36. The van der Waals surface area contributed by atoms with Crippen molar-refractivity contribution in [3.63, 3.8) is 0 Å². The maximum absolute atomic E-state index is 12.1. The van der Waals surface area contributed by atoms with Crippen molar-refractivity contribution in [3.05, 3.63) is 58.1 Å². The first kappa shape index (κ1) is 18.8. The van der Waals surface area contributed by atoms with Crippen LogP contribution in [0.5, 0.6) is 5.75 Å². The smallest absolute Gasteiger partial charge is 0.262 e. The Hall–Kier alpha value is -2.53. The van der Waals surface area contributed by atoms with Crippen molar-refractivity contribution in [2.75, 3.05) is 26.0 Å². The Morgan fingerprint density at radius 1 is 1.08 bits per heavy atom. The monoisotopic (exact) mass is 360 g/mol. The van der Waals surface area contributed by atoms with E-state index in [1.54, 1.807) is 32.3 Å². The third-order valence-electron chi connectivity index (χ3n) is 3.74. The number of nitrogens with one attached hydrogen (secondary N) is 1. The molecule has 2 rings (SSSR count). The van der Waals surface area contributed by atoms with Crippen molar-refractivity contribution < 1.29 is 14.3 Å². The SMILES string of the molecule is Cc1ccc(OCC(=O)Nc2ccc(Cl)c(C(=O)N(C)C)c2)cc1C. The molecule has 0 fully saturated rings. The molecule has 6 heteroatoms. The van der Waals surface area contributed by atoms with E-state index in [-0.39, 0.29) is 18.4 Å². The first-order valence-corrected chi connectivity index (χ1v) is 8.17. The maximum atomic E-state index is 12.1. The standard InChI is InChI=1S/C19H21ClN2O3/c1-12-5-7-15(9-13(12)2)25-11-18(23)21-14-6-8-17(20)16(10-14)19(24)22(3)4/h5-10H,11H2,1-4H3,(H,21,23). The van der Waals surface area contributed by atoms with Gasteiger partial charge in [0.2, 0.25) is 0 Å². The van der Waals surface area contributed by atoms with Crippen LogP contribution in [0.15, 0.2) is 36.4 Å². The van der Waals surface area contributed by atoms with Crippen LogP contribution in [0, 0.1) is 13.8 Å². The predicted octanol–water partition coefficient (Wildman–Crippen LogP) is 3.68. The fourth-order valence-electron chi connectivity index (χ4n) is 2.16. The zero-order valence-corrected chi connectivity index (χ0v) is 15.5. The molecule has 0 atom stereocenters. The second kappa shape index (κ2) is 8.03. The minimum atomic E-state index is -0.316. The number of hydrogen-bond donors (Lipinski definition) is 1. The second-order valence-electron chi connectivity index (χ2n) is 5.98. The van der Waals surface area contributed by atoms with Gasteiger partial charge in [0.15, 0.2) is 6.61 Å². The summed E-state index contributed by atoms with van der Waals surface area (Å²) in [5.74, 6) is 0.0918. The zero-order chi connectivity index (χ0) is 18.6. The number of rotatable bonds is 5. The van der Waals surface area contributed by atoms with Gasteiger partial charge in [-0.3, -0.25) is 9.59 Å². The lowest BCUT2D eigenvalue weighted by molar-refractivity contribution is -0.118. The molecule has 0 heterocycles. The van der Waals surface area contributed by atoms with Gasteiger partial charge in [0, 0.05) is 19.8 Å². The topological polar surface area (TPSA) is 58.6 Å². The van der Waals surface area contributed by atoms with Crippen LogP contribution in [-0.4, -0.2) is 37.4 Å². The Kier molecular flexibility index (Phi) is 6.04. The normalized spacial score (nSPS) is 10.3. The lowest BCUT2D eigenvalue weighted by atomic mass is 10.1. The molecule has 0 saturated heterocycles. The van der Waals surface area contributed by atoms with Crippen LogP contribution in [0.2, 0.25) is 5.02 Å². The van der Waals surface area contributed by atoms with Crippen LogP contribution in [0.3, 0.4) is 0 Å². The van der Waals surface area contributed by atoms with E-state index >= 15 is 0 Å². The minimum absolute atomic E-state index is 0.123. The molecule has 0 radical (unpaired) electrons. The van der Waals surface area contributed by atoms with Gasteiger partial charge in [-0.1, -0.05) is 17.7 Å². The molecule has 25 heavy (non-hydrogen) atoms. The minimum Gasteiger partial charge on any atom is -0.484 e. The van der Waals surface area contributed by atoms with Crippen LogP contribution < -0.4 is 10.1 Å². The quantitative estimate of drug-likeness (QED) is 0.884. The van der Waals surface area contributed by atoms with E-state index in [2.05, 4.69) is 5.32 Å². The van der Waals surface area contributed by atoms with E-state index < -0.39 is 0 Å². The van der Waals surface area contributed by atoms with E-state index in [1.807, 2.05) is 32.0 Å². The van der Waals surface area contributed by atoms with E-state index in [9.17, 15) is 9.59 Å². The van der Waals surface area contributed by atoms with Crippen molar-refractivity contribution in [2.24, 2.45) is 0 Å². The first-order valence-electron chi connectivity index (χ1n) is 7.79. The molecule has 5 nitrogen and oxygen atoms in total. The Balaban J connectivity index is 2.01. The summed E-state index contributed by atoms with van der Waals surface area (Å²) in [7, 11) is 3.28. The summed E-state index contributed by atoms with van der Waals surface area (Å²) in [5.41, 5.74) is 3.08. The Bertz CT molecular complexity index is 803. The Morgan fingerprint density at radius 2 is 1.80 bits per heavy atom. The largest absolute Gasteiger partial charge is 0.484 e. The van der Waals surface area contributed by atoms with Gasteiger partial charge in [0.25, 0.3) is 11.8 Å². The van der Waals surface area contributed by atoms with Gasteiger partial charge in [-0.05, 0) is 55.3 Å². The molecule has 0 aliphatic carbocycles. The van der Waals surface area contributed by atoms with Gasteiger partial charge in [0.1, 0.15) is 5.75 Å². The van der Waals surface area contributed by atoms with Gasteiger partial charge in [0.05, 0.1) is 10.6 Å². The molecule has 2 aromatic carbocycles. The van der Waals surface area contributed by atoms with Crippen molar-refractivity contribution in [2.45, 2.75) is 13.8 Å². The molecule has 0 saturated carbocycles. The second-order valence-corrected chi connectivity index (χ2v) is 6.38. The summed E-state index contributed by atoms with van der Waals surface area (Å²) in [6.45, 7) is 3.88. The number of carbonyl (C=O) groups is 2. The van der Waals surface area contributed by atoms with Crippen molar-refractivity contribution in [1.82, 2.24) is 4.90 Å². The number of anilines is 1. The third kappa shape index (κ3) is 4.97. The lowest BCUT2D eigenvalue weighted by Gasteiger charge is -2.13. The van der Waals surface area contributed by atoms with Crippen LogP contribution in [0.25, 0.3) is 0 Å². The number of aryl methyl sites for hydroxylation is 2. The van der Waals surface area contributed by atoms with Gasteiger partial charge in [-0.15, -0.1) is 0 Å². The third-order valence-corrected chi connectivity index (χ3v) is 4.06. The molecule has 2 aromatic rings. The summed E-state index contributed by atoms with van der Waals surface area (Å²) in [4.78, 5) is 25.6. The van der Waals surface area contributed by atoms with Gasteiger partial charge in [-0.2, -0.15) is 0 Å².